The number of piperidine rings is 1. The van der Waals surface area contributed by atoms with Gasteiger partial charge in [-0.25, -0.2) is 0 Å². The lowest BCUT2D eigenvalue weighted by Crippen LogP contribution is -2.41. The highest BCUT2D eigenvalue weighted by atomic mass is 16.1. The highest BCUT2D eigenvalue weighted by molar-refractivity contribution is 5.72. The van der Waals surface area contributed by atoms with E-state index in [0.717, 1.165) is 13.1 Å². The number of hydrogen-bond acceptors (Lipinski definition) is 3. The van der Waals surface area contributed by atoms with Crippen LogP contribution in [0, 0.1) is 11.3 Å². The van der Waals surface area contributed by atoms with Crippen LogP contribution in [0.5, 0.6) is 0 Å². The molecule has 1 aliphatic heterocycles. The Morgan fingerprint density at radius 2 is 2.06 bits per heavy atom. The quantitative estimate of drug-likeness (QED) is 0.741. The van der Waals surface area contributed by atoms with Crippen molar-refractivity contribution in [1.29, 1.82) is 0 Å². The topological polar surface area (TPSA) is 58.4 Å². The van der Waals surface area contributed by atoms with Crippen molar-refractivity contribution in [3.63, 3.8) is 0 Å². The minimum atomic E-state index is 0.0947. The molecule has 3 N–H and O–H groups in total. The number of carbonyl (C=O) groups is 1. The first kappa shape index (κ1) is 13.8. The average Bonchev–Trinajstić information content (AvgIpc) is 3.08. The lowest BCUT2D eigenvalue weighted by atomic mass is 9.94. The van der Waals surface area contributed by atoms with E-state index >= 15 is 0 Å². The molecule has 0 atom stereocenters. The normalized spacial score (nSPS) is 23.9. The van der Waals surface area contributed by atoms with Crippen molar-refractivity contribution in [2.75, 3.05) is 32.7 Å². The molecular weight excluding hydrogens is 226 g/mol. The number of nitrogens with zero attached hydrogens (tertiary/aromatic N) is 1. The average molecular weight is 253 g/mol. The SMILES string of the molecule is CC(=O)NCC1CCN(CC2(CCN)CC2)CC1. The van der Waals surface area contributed by atoms with Gasteiger partial charge in [0.05, 0.1) is 0 Å². The number of hydrogen-bond donors (Lipinski definition) is 2. The second kappa shape index (κ2) is 6.02. The summed E-state index contributed by atoms with van der Waals surface area (Å²) in [5, 5.41) is 2.94. The molecule has 2 rings (SSSR count). The molecule has 1 saturated carbocycles. The lowest BCUT2D eigenvalue weighted by molar-refractivity contribution is -0.119. The zero-order valence-corrected chi connectivity index (χ0v) is 11.6. The van der Waals surface area contributed by atoms with Gasteiger partial charge in [-0.15, -0.1) is 0 Å². The van der Waals surface area contributed by atoms with Gasteiger partial charge in [-0.1, -0.05) is 0 Å². The first-order valence-corrected chi connectivity index (χ1v) is 7.30. The third kappa shape index (κ3) is 3.95. The van der Waals surface area contributed by atoms with Crippen LogP contribution in [0.4, 0.5) is 0 Å². The van der Waals surface area contributed by atoms with Gasteiger partial charge in [-0.3, -0.25) is 4.79 Å². The fourth-order valence-electron chi connectivity index (χ4n) is 3.08. The summed E-state index contributed by atoms with van der Waals surface area (Å²) in [5.41, 5.74) is 6.26. The zero-order chi connectivity index (χ0) is 13.0. The van der Waals surface area contributed by atoms with Crippen molar-refractivity contribution in [3.05, 3.63) is 0 Å². The molecule has 1 heterocycles. The van der Waals surface area contributed by atoms with Gasteiger partial charge in [0.25, 0.3) is 0 Å². The second-order valence-electron chi connectivity index (χ2n) is 6.20. The van der Waals surface area contributed by atoms with Crippen molar-refractivity contribution in [2.45, 2.75) is 39.0 Å². The van der Waals surface area contributed by atoms with Crippen LogP contribution in [0.15, 0.2) is 0 Å². The van der Waals surface area contributed by atoms with E-state index in [-0.39, 0.29) is 5.91 Å². The van der Waals surface area contributed by atoms with E-state index in [1.807, 2.05) is 0 Å². The van der Waals surface area contributed by atoms with Crippen LogP contribution >= 0.6 is 0 Å². The summed E-state index contributed by atoms with van der Waals surface area (Å²) in [6.07, 6.45) is 6.38. The Hall–Kier alpha value is -0.610. The second-order valence-corrected chi connectivity index (χ2v) is 6.20. The summed E-state index contributed by atoms with van der Waals surface area (Å²) in [6, 6.07) is 0. The predicted octanol–water partition coefficient (Wildman–Crippen LogP) is 0.964. The van der Waals surface area contributed by atoms with Gasteiger partial charge >= 0.3 is 0 Å². The van der Waals surface area contributed by atoms with E-state index in [2.05, 4.69) is 10.2 Å². The largest absolute Gasteiger partial charge is 0.356 e. The van der Waals surface area contributed by atoms with Gasteiger partial charge in [0.2, 0.25) is 5.91 Å². The van der Waals surface area contributed by atoms with Crippen LogP contribution in [0.25, 0.3) is 0 Å². The number of amides is 1. The Balaban J connectivity index is 1.66. The third-order valence-corrected chi connectivity index (χ3v) is 4.54. The summed E-state index contributed by atoms with van der Waals surface area (Å²) in [4.78, 5) is 13.5. The van der Waals surface area contributed by atoms with Crippen LogP contribution < -0.4 is 11.1 Å². The molecule has 0 bridgehead atoms. The molecule has 0 aromatic carbocycles. The van der Waals surface area contributed by atoms with Crippen molar-refractivity contribution in [2.24, 2.45) is 17.1 Å². The fraction of sp³-hybridized carbons (Fsp3) is 0.929. The fourth-order valence-corrected chi connectivity index (χ4v) is 3.08. The van der Waals surface area contributed by atoms with E-state index < -0.39 is 0 Å². The minimum absolute atomic E-state index is 0.0947. The molecule has 0 radical (unpaired) electrons. The molecule has 104 valence electrons. The molecule has 2 aliphatic rings. The number of rotatable bonds is 6. The first-order chi connectivity index (χ1) is 8.63. The minimum Gasteiger partial charge on any atom is -0.356 e. The molecule has 4 nitrogen and oxygen atoms in total. The highest BCUT2D eigenvalue weighted by Crippen LogP contribution is 2.49. The van der Waals surface area contributed by atoms with Crippen LogP contribution in [0.1, 0.15) is 39.0 Å². The van der Waals surface area contributed by atoms with Crippen LogP contribution in [0.3, 0.4) is 0 Å². The van der Waals surface area contributed by atoms with E-state index in [9.17, 15) is 4.79 Å². The summed E-state index contributed by atoms with van der Waals surface area (Å²) < 4.78 is 0. The number of likely N-dealkylation sites (tertiary alicyclic amines) is 1. The van der Waals surface area contributed by atoms with Crippen molar-refractivity contribution in [1.82, 2.24) is 10.2 Å². The van der Waals surface area contributed by atoms with Gasteiger partial charge in [0.1, 0.15) is 0 Å². The van der Waals surface area contributed by atoms with Crippen LogP contribution in [0.2, 0.25) is 0 Å². The third-order valence-electron chi connectivity index (χ3n) is 4.54. The highest BCUT2D eigenvalue weighted by Gasteiger charge is 2.43. The molecule has 1 aliphatic carbocycles. The van der Waals surface area contributed by atoms with E-state index in [4.69, 9.17) is 5.73 Å². The maximum absolute atomic E-state index is 10.9. The molecule has 0 aromatic rings. The van der Waals surface area contributed by atoms with E-state index in [0.29, 0.717) is 11.3 Å². The zero-order valence-electron chi connectivity index (χ0n) is 11.6. The maximum Gasteiger partial charge on any atom is 0.216 e. The smallest absolute Gasteiger partial charge is 0.216 e. The Morgan fingerprint density at radius 3 is 2.56 bits per heavy atom. The molecule has 1 amide bonds. The molecular formula is C14H27N3O. The summed E-state index contributed by atoms with van der Waals surface area (Å²) in [5.74, 6) is 0.770. The Labute approximate surface area is 110 Å². The number of carbonyl (C=O) groups excluding carboxylic acids is 1. The molecule has 0 aromatic heterocycles. The first-order valence-electron chi connectivity index (χ1n) is 7.30. The lowest BCUT2D eigenvalue weighted by Gasteiger charge is -2.34. The molecule has 2 fully saturated rings. The van der Waals surface area contributed by atoms with Crippen molar-refractivity contribution < 1.29 is 4.79 Å². The van der Waals surface area contributed by atoms with Gasteiger partial charge in [-0.2, -0.15) is 0 Å². The summed E-state index contributed by atoms with van der Waals surface area (Å²) in [6.45, 7) is 6.92. The predicted molar refractivity (Wildman–Crippen MR) is 73.2 cm³/mol. The molecule has 0 unspecified atom stereocenters. The molecule has 18 heavy (non-hydrogen) atoms. The Bertz CT molecular complexity index is 281. The standard InChI is InChI=1S/C14H27N3O/c1-12(18)16-10-13-2-8-17(9-3-13)11-14(4-5-14)6-7-15/h13H,2-11,15H2,1H3,(H,16,18). The van der Waals surface area contributed by atoms with Crippen molar-refractivity contribution >= 4 is 5.91 Å². The van der Waals surface area contributed by atoms with Gasteiger partial charge in [0, 0.05) is 20.0 Å². The number of nitrogens with two attached hydrogens (primary N) is 1. The molecule has 0 spiro atoms. The number of nitrogens with one attached hydrogen (secondary N) is 1. The summed E-state index contributed by atoms with van der Waals surface area (Å²) in [7, 11) is 0. The van der Waals surface area contributed by atoms with Crippen LogP contribution in [-0.4, -0.2) is 43.5 Å². The summed E-state index contributed by atoms with van der Waals surface area (Å²) >= 11 is 0. The van der Waals surface area contributed by atoms with Crippen LogP contribution in [-0.2, 0) is 4.79 Å². The monoisotopic (exact) mass is 253 g/mol. The van der Waals surface area contributed by atoms with Gasteiger partial charge in [0.15, 0.2) is 0 Å². The maximum atomic E-state index is 10.9. The Morgan fingerprint density at radius 1 is 1.39 bits per heavy atom. The van der Waals surface area contributed by atoms with E-state index in [1.165, 1.54) is 51.7 Å². The molecule has 4 heteroatoms. The van der Waals surface area contributed by atoms with Gasteiger partial charge in [-0.05, 0) is 63.1 Å². The van der Waals surface area contributed by atoms with Crippen molar-refractivity contribution in [3.8, 4) is 0 Å². The van der Waals surface area contributed by atoms with Gasteiger partial charge < -0.3 is 16.0 Å². The van der Waals surface area contributed by atoms with E-state index in [1.54, 1.807) is 6.92 Å². The Kier molecular flexibility index (Phi) is 4.62. The molecule has 1 saturated heterocycles.